The van der Waals surface area contributed by atoms with Crippen LogP contribution in [-0.2, 0) is 0 Å². The van der Waals surface area contributed by atoms with Gasteiger partial charge in [0.25, 0.3) is 0 Å². The Morgan fingerprint density at radius 3 is 2.58 bits per heavy atom. The first-order valence-corrected chi connectivity index (χ1v) is 7.43. The summed E-state index contributed by atoms with van der Waals surface area (Å²) in [5.74, 6) is 2.60. The van der Waals surface area contributed by atoms with E-state index in [-0.39, 0.29) is 0 Å². The lowest BCUT2D eigenvalue weighted by Crippen LogP contribution is -2.33. The van der Waals surface area contributed by atoms with Crippen LogP contribution < -0.4 is 10.1 Å². The Balaban J connectivity index is 2.19. The third-order valence-electron chi connectivity index (χ3n) is 4.61. The second kappa shape index (κ2) is 5.85. The van der Waals surface area contributed by atoms with E-state index < -0.39 is 0 Å². The lowest BCUT2D eigenvalue weighted by molar-refractivity contribution is 0.280. The SMILES string of the molecule is COc1c(C)ccc(NC2CC(C)CCC2C)c1C. The Labute approximate surface area is 117 Å². The highest BCUT2D eigenvalue weighted by molar-refractivity contribution is 5.60. The Bertz CT molecular complexity index is 441. The van der Waals surface area contributed by atoms with Crippen LogP contribution in [0.3, 0.4) is 0 Å². The number of benzene rings is 1. The molecule has 0 spiro atoms. The van der Waals surface area contributed by atoms with Crippen molar-refractivity contribution in [3.63, 3.8) is 0 Å². The molecule has 1 fully saturated rings. The van der Waals surface area contributed by atoms with Crippen molar-refractivity contribution in [3.05, 3.63) is 23.3 Å². The minimum Gasteiger partial charge on any atom is -0.496 e. The first kappa shape index (κ1) is 14.2. The van der Waals surface area contributed by atoms with Crippen molar-refractivity contribution >= 4 is 5.69 Å². The number of nitrogens with one attached hydrogen (secondary N) is 1. The first-order chi connectivity index (χ1) is 9.02. The molecule has 0 amide bonds. The molecule has 0 radical (unpaired) electrons. The summed E-state index contributed by atoms with van der Waals surface area (Å²) in [6.07, 6.45) is 3.98. The predicted molar refractivity (Wildman–Crippen MR) is 82.1 cm³/mol. The molecular formula is C17H27NO. The van der Waals surface area contributed by atoms with Gasteiger partial charge in [-0.15, -0.1) is 0 Å². The summed E-state index contributed by atoms with van der Waals surface area (Å²) in [5.41, 5.74) is 3.66. The molecule has 3 unspecified atom stereocenters. The molecule has 0 bridgehead atoms. The molecule has 2 nitrogen and oxygen atoms in total. The van der Waals surface area contributed by atoms with Crippen LogP contribution >= 0.6 is 0 Å². The number of rotatable bonds is 3. The summed E-state index contributed by atoms with van der Waals surface area (Å²) < 4.78 is 5.51. The van der Waals surface area contributed by atoms with Crippen molar-refractivity contribution in [3.8, 4) is 5.75 Å². The summed E-state index contributed by atoms with van der Waals surface area (Å²) in [6.45, 7) is 8.97. The third kappa shape index (κ3) is 3.05. The fourth-order valence-corrected chi connectivity index (χ4v) is 3.23. The van der Waals surface area contributed by atoms with E-state index >= 15 is 0 Å². The van der Waals surface area contributed by atoms with Gasteiger partial charge < -0.3 is 10.1 Å². The molecule has 0 aliphatic heterocycles. The number of hydrogen-bond acceptors (Lipinski definition) is 2. The predicted octanol–water partition coefficient (Wildman–Crippen LogP) is 4.55. The van der Waals surface area contributed by atoms with Gasteiger partial charge in [0.1, 0.15) is 5.75 Å². The van der Waals surface area contributed by atoms with Gasteiger partial charge in [-0.3, -0.25) is 0 Å². The van der Waals surface area contributed by atoms with Crippen molar-refractivity contribution in [1.29, 1.82) is 0 Å². The molecule has 2 rings (SSSR count). The van der Waals surface area contributed by atoms with Crippen LogP contribution in [0.2, 0.25) is 0 Å². The minimum absolute atomic E-state index is 0.592. The number of anilines is 1. The van der Waals surface area contributed by atoms with E-state index in [9.17, 15) is 0 Å². The van der Waals surface area contributed by atoms with E-state index in [2.05, 4.69) is 45.1 Å². The summed E-state index contributed by atoms with van der Waals surface area (Å²) in [7, 11) is 1.75. The monoisotopic (exact) mass is 261 g/mol. The Kier molecular flexibility index (Phi) is 4.38. The molecule has 1 saturated carbocycles. The van der Waals surface area contributed by atoms with Crippen LogP contribution in [0.15, 0.2) is 12.1 Å². The highest BCUT2D eigenvalue weighted by atomic mass is 16.5. The van der Waals surface area contributed by atoms with E-state index in [1.807, 2.05) is 0 Å². The van der Waals surface area contributed by atoms with E-state index in [1.54, 1.807) is 7.11 Å². The molecule has 0 heterocycles. The molecule has 0 saturated heterocycles. The minimum atomic E-state index is 0.592. The van der Waals surface area contributed by atoms with Crippen LogP contribution in [0.25, 0.3) is 0 Å². The van der Waals surface area contributed by atoms with Gasteiger partial charge >= 0.3 is 0 Å². The molecular weight excluding hydrogens is 234 g/mol. The van der Waals surface area contributed by atoms with Gasteiger partial charge in [-0.2, -0.15) is 0 Å². The fourth-order valence-electron chi connectivity index (χ4n) is 3.23. The van der Waals surface area contributed by atoms with Gasteiger partial charge in [0, 0.05) is 17.3 Å². The van der Waals surface area contributed by atoms with Crippen molar-refractivity contribution in [2.75, 3.05) is 12.4 Å². The lowest BCUT2D eigenvalue weighted by atomic mass is 9.80. The maximum atomic E-state index is 5.51. The maximum Gasteiger partial charge on any atom is 0.126 e. The summed E-state index contributed by atoms with van der Waals surface area (Å²) >= 11 is 0. The third-order valence-corrected chi connectivity index (χ3v) is 4.61. The van der Waals surface area contributed by atoms with Crippen LogP contribution in [0.1, 0.15) is 44.2 Å². The Morgan fingerprint density at radius 1 is 1.16 bits per heavy atom. The van der Waals surface area contributed by atoms with Crippen LogP contribution in [0, 0.1) is 25.7 Å². The molecule has 2 heteroatoms. The zero-order chi connectivity index (χ0) is 14.0. The molecule has 1 N–H and O–H groups in total. The standard InChI is InChI=1S/C17H27NO/c1-11-6-7-12(2)16(10-11)18-15-9-8-13(3)17(19-5)14(15)4/h8-9,11-12,16,18H,6-7,10H2,1-5H3. The van der Waals surface area contributed by atoms with Gasteiger partial charge in [-0.1, -0.05) is 26.3 Å². The molecule has 19 heavy (non-hydrogen) atoms. The zero-order valence-corrected chi connectivity index (χ0v) is 12.9. The lowest BCUT2D eigenvalue weighted by Gasteiger charge is -2.34. The Hall–Kier alpha value is -1.18. The number of methoxy groups -OCH3 is 1. The molecule has 106 valence electrons. The number of hydrogen-bond donors (Lipinski definition) is 1. The zero-order valence-electron chi connectivity index (χ0n) is 12.9. The first-order valence-electron chi connectivity index (χ1n) is 7.43. The normalized spacial score (nSPS) is 27.1. The second-order valence-corrected chi connectivity index (χ2v) is 6.23. The average molecular weight is 261 g/mol. The van der Waals surface area contributed by atoms with Gasteiger partial charge in [0.05, 0.1) is 7.11 Å². The van der Waals surface area contributed by atoms with E-state index in [0.717, 1.165) is 17.6 Å². The van der Waals surface area contributed by atoms with Gasteiger partial charge in [0.2, 0.25) is 0 Å². The molecule has 3 atom stereocenters. The van der Waals surface area contributed by atoms with Crippen molar-refractivity contribution in [2.24, 2.45) is 11.8 Å². The topological polar surface area (TPSA) is 21.3 Å². The van der Waals surface area contributed by atoms with Gasteiger partial charge in [-0.25, -0.2) is 0 Å². The number of ether oxygens (including phenoxy) is 1. The smallest absolute Gasteiger partial charge is 0.126 e. The molecule has 1 aromatic carbocycles. The van der Waals surface area contributed by atoms with Crippen LogP contribution in [-0.4, -0.2) is 13.2 Å². The van der Waals surface area contributed by atoms with Crippen molar-refractivity contribution in [2.45, 2.75) is 53.0 Å². The summed E-state index contributed by atoms with van der Waals surface area (Å²) in [5, 5.41) is 3.75. The van der Waals surface area contributed by atoms with E-state index in [4.69, 9.17) is 4.74 Å². The highest BCUT2D eigenvalue weighted by Gasteiger charge is 2.25. The Morgan fingerprint density at radius 2 is 1.89 bits per heavy atom. The average Bonchev–Trinajstić information content (AvgIpc) is 2.38. The van der Waals surface area contributed by atoms with Gasteiger partial charge in [-0.05, 0) is 50.2 Å². The van der Waals surface area contributed by atoms with Crippen molar-refractivity contribution in [1.82, 2.24) is 0 Å². The summed E-state index contributed by atoms with van der Waals surface area (Å²) in [6, 6.07) is 4.93. The molecule has 1 aliphatic rings. The van der Waals surface area contributed by atoms with E-state index in [1.165, 1.54) is 36.1 Å². The second-order valence-electron chi connectivity index (χ2n) is 6.23. The molecule has 1 aliphatic carbocycles. The van der Waals surface area contributed by atoms with E-state index in [0.29, 0.717) is 6.04 Å². The van der Waals surface area contributed by atoms with Crippen molar-refractivity contribution < 1.29 is 4.74 Å². The largest absolute Gasteiger partial charge is 0.496 e. The maximum absolute atomic E-state index is 5.51. The quantitative estimate of drug-likeness (QED) is 0.862. The van der Waals surface area contributed by atoms with Crippen LogP contribution in [0.5, 0.6) is 5.75 Å². The molecule has 0 aromatic heterocycles. The highest BCUT2D eigenvalue weighted by Crippen LogP contribution is 2.34. The van der Waals surface area contributed by atoms with Gasteiger partial charge in [0.15, 0.2) is 0 Å². The molecule has 1 aromatic rings. The fraction of sp³-hybridized carbons (Fsp3) is 0.647. The number of aryl methyl sites for hydroxylation is 1. The van der Waals surface area contributed by atoms with Crippen LogP contribution in [0.4, 0.5) is 5.69 Å². The summed E-state index contributed by atoms with van der Waals surface area (Å²) in [4.78, 5) is 0.